The van der Waals surface area contributed by atoms with E-state index in [4.69, 9.17) is 9.16 Å². The normalized spacial score (nSPS) is 13.0. The van der Waals surface area contributed by atoms with Crippen molar-refractivity contribution in [2.24, 2.45) is 7.05 Å². The number of hydrogen-bond donors (Lipinski definition) is 1. The minimum absolute atomic E-state index is 0.0262. The van der Waals surface area contributed by atoms with Gasteiger partial charge in [0.15, 0.2) is 37.5 Å². The maximum absolute atomic E-state index is 15.8. The lowest BCUT2D eigenvalue weighted by Gasteiger charge is -2.36. The fourth-order valence-electron chi connectivity index (χ4n) is 4.14. The monoisotopic (exact) mass is 610 g/mol. The molecule has 43 heavy (non-hydrogen) atoms. The Kier molecular flexibility index (Phi) is 8.25. The van der Waals surface area contributed by atoms with Crippen LogP contribution in [0.4, 0.5) is 24.9 Å². The van der Waals surface area contributed by atoms with Gasteiger partial charge in [0.1, 0.15) is 11.6 Å². The standard InChI is InChI=1S/C29H33F3N8O2Si/c1-29(2,3)43(5,6)41-14-11-23(42-19-7-8-20(30)21(31)17-19)27-38-37-26-16-18(15-24(32)40(26)27)22-9-12-33-28(35-22)36-25-10-13-34-39(25)4/h7-10,12-13,15-17,23H,11,14H2,1-6H3,(H,33,35,36). The zero-order valence-corrected chi connectivity index (χ0v) is 25.8. The van der Waals surface area contributed by atoms with Gasteiger partial charge in [-0.05, 0) is 42.4 Å². The van der Waals surface area contributed by atoms with Crippen LogP contribution in [0.3, 0.4) is 0 Å². The number of hydrogen-bond acceptors (Lipinski definition) is 8. The first-order chi connectivity index (χ1) is 20.3. The summed E-state index contributed by atoms with van der Waals surface area (Å²) in [7, 11) is -0.328. The summed E-state index contributed by atoms with van der Waals surface area (Å²) >= 11 is 0. The first-order valence-electron chi connectivity index (χ1n) is 13.7. The molecule has 14 heteroatoms. The number of anilines is 2. The van der Waals surface area contributed by atoms with Crippen molar-refractivity contribution in [1.82, 2.24) is 34.3 Å². The van der Waals surface area contributed by atoms with Crippen LogP contribution in [0.2, 0.25) is 18.1 Å². The van der Waals surface area contributed by atoms with E-state index in [2.05, 4.69) is 64.4 Å². The van der Waals surface area contributed by atoms with Gasteiger partial charge in [-0.15, -0.1) is 10.2 Å². The van der Waals surface area contributed by atoms with Crippen molar-refractivity contribution in [3.05, 3.63) is 78.3 Å². The first kappa shape index (κ1) is 30.2. The second-order valence-electron chi connectivity index (χ2n) is 11.6. The third kappa shape index (κ3) is 6.54. The van der Waals surface area contributed by atoms with Crippen molar-refractivity contribution in [3.8, 4) is 17.0 Å². The van der Waals surface area contributed by atoms with Gasteiger partial charge in [-0.1, -0.05) is 20.8 Å². The van der Waals surface area contributed by atoms with E-state index in [9.17, 15) is 8.78 Å². The number of benzene rings is 1. The molecule has 0 spiro atoms. The highest BCUT2D eigenvalue weighted by Gasteiger charge is 2.37. The van der Waals surface area contributed by atoms with Gasteiger partial charge >= 0.3 is 0 Å². The minimum Gasteiger partial charge on any atom is -0.482 e. The summed E-state index contributed by atoms with van der Waals surface area (Å²) in [4.78, 5) is 8.75. The second-order valence-corrected chi connectivity index (χ2v) is 16.4. The summed E-state index contributed by atoms with van der Waals surface area (Å²) in [6.07, 6.45) is 2.59. The van der Waals surface area contributed by atoms with Gasteiger partial charge in [0, 0.05) is 50.0 Å². The van der Waals surface area contributed by atoms with E-state index in [1.165, 1.54) is 16.5 Å². The molecule has 0 aliphatic rings. The molecular formula is C29H33F3N8O2Si. The Hall–Kier alpha value is -4.30. The lowest BCUT2D eigenvalue weighted by Crippen LogP contribution is -2.41. The van der Waals surface area contributed by atoms with Crippen molar-refractivity contribution >= 4 is 25.7 Å². The molecule has 0 aliphatic heterocycles. The Bertz CT molecular complexity index is 1750. The molecule has 0 radical (unpaired) electrons. The Balaban J connectivity index is 1.46. The van der Waals surface area contributed by atoms with Crippen LogP contribution in [-0.4, -0.2) is 49.3 Å². The van der Waals surface area contributed by atoms with Crippen LogP contribution in [0, 0.1) is 17.6 Å². The maximum atomic E-state index is 15.8. The van der Waals surface area contributed by atoms with Crippen LogP contribution >= 0.6 is 0 Å². The van der Waals surface area contributed by atoms with E-state index >= 15 is 4.39 Å². The number of ether oxygens (including phenoxy) is 1. The highest BCUT2D eigenvalue weighted by Crippen LogP contribution is 2.37. The van der Waals surface area contributed by atoms with Gasteiger partial charge in [0.25, 0.3) is 0 Å². The molecule has 1 unspecified atom stereocenters. The fraction of sp³-hybridized carbons (Fsp3) is 0.345. The number of pyridine rings is 1. The second kappa shape index (κ2) is 11.8. The van der Waals surface area contributed by atoms with Crippen molar-refractivity contribution in [2.45, 2.75) is 51.4 Å². The van der Waals surface area contributed by atoms with Crippen LogP contribution in [0.25, 0.3) is 16.9 Å². The Morgan fingerprint density at radius 1 is 0.977 bits per heavy atom. The number of fused-ring (bicyclic) bond motifs is 1. The van der Waals surface area contributed by atoms with Crippen LogP contribution in [0.1, 0.15) is 39.1 Å². The van der Waals surface area contributed by atoms with Crippen molar-refractivity contribution in [2.75, 3.05) is 11.9 Å². The average Bonchev–Trinajstić information content (AvgIpc) is 3.56. The van der Waals surface area contributed by atoms with E-state index in [-0.39, 0.29) is 35.3 Å². The predicted molar refractivity (Wildman–Crippen MR) is 158 cm³/mol. The number of nitrogens with zero attached hydrogens (tertiary/aromatic N) is 7. The van der Waals surface area contributed by atoms with Gasteiger partial charge in [-0.2, -0.15) is 9.49 Å². The minimum atomic E-state index is -2.11. The smallest absolute Gasteiger partial charge is 0.228 e. The molecule has 4 heterocycles. The average molecular weight is 611 g/mol. The predicted octanol–water partition coefficient (Wildman–Crippen LogP) is 6.61. The fourth-order valence-corrected chi connectivity index (χ4v) is 5.20. The SMILES string of the molecule is Cn1nccc1Nc1nccc(-c2cc(F)n3c(C(CCO[Si](C)(C)C(C)(C)C)Oc4ccc(F)c(F)c4)nnc3c2)n1. The zero-order valence-electron chi connectivity index (χ0n) is 24.8. The number of nitrogens with one attached hydrogen (secondary N) is 1. The summed E-state index contributed by atoms with van der Waals surface area (Å²) < 4.78 is 58.6. The number of rotatable bonds is 10. The molecule has 5 aromatic rings. The largest absolute Gasteiger partial charge is 0.482 e. The van der Waals surface area contributed by atoms with Gasteiger partial charge in [0.2, 0.25) is 11.9 Å². The lowest BCUT2D eigenvalue weighted by molar-refractivity contribution is 0.148. The summed E-state index contributed by atoms with van der Waals surface area (Å²) in [5, 5.41) is 15.6. The molecule has 0 amide bonds. The molecule has 0 aliphatic carbocycles. The van der Waals surface area contributed by atoms with Crippen LogP contribution in [0.5, 0.6) is 5.75 Å². The molecule has 10 nitrogen and oxygen atoms in total. The molecule has 1 N–H and O–H groups in total. The van der Waals surface area contributed by atoms with E-state index in [0.29, 0.717) is 23.0 Å². The lowest BCUT2D eigenvalue weighted by atomic mass is 10.2. The van der Waals surface area contributed by atoms with E-state index in [0.717, 1.165) is 12.1 Å². The topological polar surface area (TPSA) is 104 Å². The highest BCUT2D eigenvalue weighted by molar-refractivity contribution is 6.74. The molecule has 226 valence electrons. The van der Waals surface area contributed by atoms with Crippen LogP contribution in [-0.2, 0) is 11.5 Å². The van der Waals surface area contributed by atoms with Crippen molar-refractivity contribution in [3.63, 3.8) is 0 Å². The Labute approximate surface area is 248 Å². The highest BCUT2D eigenvalue weighted by atomic mass is 28.4. The van der Waals surface area contributed by atoms with Crippen molar-refractivity contribution in [1.29, 1.82) is 0 Å². The zero-order chi connectivity index (χ0) is 30.9. The number of halogens is 3. The molecule has 4 aromatic heterocycles. The Morgan fingerprint density at radius 3 is 2.47 bits per heavy atom. The van der Waals surface area contributed by atoms with E-state index in [1.807, 2.05) is 0 Å². The van der Waals surface area contributed by atoms with Gasteiger partial charge < -0.3 is 14.5 Å². The molecule has 0 saturated heterocycles. The quantitative estimate of drug-likeness (QED) is 0.139. The molecule has 0 saturated carbocycles. The molecule has 1 aromatic carbocycles. The third-order valence-electron chi connectivity index (χ3n) is 7.60. The van der Waals surface area contributed by atoms with E-state index in [1.54, 1.807) is 42.3 Å². The first-order valence-corrected chi connectivity index (χ1v) is 16.6. The molecular weight excluding hydrogens is 577 g/mol. The van der Waals surface area contributed by atoms with Crippen LogP contribution < -0.4 is 10.1 Å². The van der Waals surface area contributed by atoms with Crippen molar-refractivity contribution < 1.29 is 22.3 Å². The summed E-state index contributed by atoms with van der Waals surface area (Å²) in [6.45, 7) is 10.9. The van der Waals surface area contributed by atoms with Gasteiger partial charge in [-0.3, -0.25) is 9.08 Å². The van der Waals surface area contributed by atoms with Gasteiger partial charge in [-0.25, -0.2) is 18.7 Å². The number of aromatic nitrogens is 7. The summed E-state index contributed by atoms with van der Waals surface area (Å²) in [6, 6.07) is 9.62. The third-order valence-corrected chi connectivity index (χ3v) is 12.1. The van der Waals surface area contributed by atoms with Crippen LogP contribution in [0.15, 0.2) is 54.9 Å². The molecule has 5 rings (SSSR count). The molecule has 0 fully saturated rings. The van der Waals surface area contributed by atoms with Gasteiger partial charge in [0.05, 0.1) is 11.9 Å². The summed E-state index contributed by atoms with van der Waals surface area (Å²) in [5.74, 6) is -1.49. The Morgan fingerprint density at radius 2 is 1.77 bits per heavy atom. The van der Waals surface area contributed by atoms with E-state index < -0.39 is 32.0 Å². The number of aryl methyl sites for hydroxylation is 1. The molecule has 0 bridgehead atoms. The maximum Gasteiger partial charge on any atom is 0.228 e. The molecule has 1 atom stereocenters. The summed E-state index contributed by atoms with van der Waals surface area (Å²) in [5.41, 5.74) is 1.13.